The van der Waals surface area contributed by atoms with Crippen LogP contribution in [0.1, 0.15) is 20.8 Å². The average Bonchev–Trinajstić information content (AvgIpc) is 3.14. The van der Waals surface area contributed by atoms with Crippen LogP contribution in [0.2, 0.25) is 0 Å². The van der Waals surface area contributed by atoms with E-state index in [1.54, 1.807) is 29.2 Å². The van der Waals surface area contributed by atoms with Crippen LogP contribution in [0, 0.1) is 0 Å². The minimum absolute atomic E-state index is 0.424. The molecule has 128 valence electrons. The first-order valence-electron chi connectivity index (χ1n) is 7.96. The molecule has 6 heteroatoms. The maximum atomic E-state index is 11.1. The Hall–Kier alpha value is -2.15. The number of carbonyl (C=O) groups excluding carboxylic acids is 1. The second kappa shape index (κ2) is 8.80. The molecule has 3 aromatic rings. The van der Waals surface area contributed by atoms with E-state index in [0.29, 0.717) is 5.56 Å². The summed E-state index contributed by atoms with van der Waals surface area (Å²) in [6.45, 7) is 1.84. The summed E-state index contributed by atoms with van der Waals surface area (Å²) in [5.41, 5.74) is 6.90. The van der Waals surface area contributed by atoms with Gasteiger partial charge in [-0.15, -0.1) is 11.3 Å². The first-order valence-corrected chi connectivity index (χ1v) is 9.66. The number of carbonyl (C=O) groups is 1. The normalized spacial score (nSPS) is 10.7. The van der Waals surface area contributed by atoms with Gasteiger partial charge in [-0.1, -0.05) is 30.0 Å². The van der Waals surface area contributed by atoms with Crippen LogP contribution in [0.5, 0.6) is 0 Å². The van der Waals surface area contributed by atoms with E-state index in [0.717, 1.165) is 29.4 Å². The summed E-state index contributed by atoms with van der Waals surface area (Å²) in [6.07, 6.45) is 2.58. The van der Waals surface area contributed by atoms with E-state index in [1.807, 2.05) is 6.07 Å². The molecule has 1 aromatic carbocycles. The lowest BCUT2D eigenvalue weighted by Gasteiger charge is -2.06. The summed E-state index contributed by atoms with van der Waals surface area (Å²) in [4.78, 5) is 17.8. The number of hydrogen-bond acceptors (Lipinski definition) is 5. The molecule has 0 unspecified atom stereocenters. The molecule has 0 spiro atoms. The van der Waals surface area contributed by atoms with Crippen LogP contribution in [0.3, 0.4) is 0 Å². The van der Waals surface area contributed by atoms with Crippen LogP contribution in [-0.2, 0) is 13.0 Å². The fourth-order valence-corrected chi connectivity index (χ4v) is 3.75. The third-order valence-electron chi connectivity index (χ3n) is 3.62. The molecule has 2 aromatic heterocycles. The lowest BCUT2D eigenvalue weighted by atomic mass is 10.2. The first kappa shape index (κ1) is 17.7. The molecule has 3 N–H and O–H groups in total. The number of pyridine rings is 1. The van der Waals surface area contributed by atoms with E-state index in [9.17, 15) is 4.79 Å². The van der Waals surface area contributed by atoms with Crippen molar-refractivity contribution in [1.29, 1.82) is 0 Å². The SMILES string of the molecule is NC(=O)c1ccc(Sc2ccc(CNCCc3cccs3)cc2)nc1. The van der Waals surface area contributed by atoms with Gasteiger partial charge in [-0.2, -0.15) is 0 Å². The smallest absolute Gasteiger partial charge is 0.250 e. The zero-order valence-electron chi connectivity index (χ0n) is 13.6. The third kappa shape index (κ3) is 5.42. The number of benzene rings is 1. The highest BCUT2D eigenvalue weighted by Gasteiger charge is 2.03. The predicted octanol–water partition coefficient (Wildman–Crippen LogP) is 3.73. The van der Waals surface area contributed by atoms with Gasteiger partial charge in [-0.25, -0.2) is 4.98 Å². The van der Waals surface area contributed by atoms with Crippen molar-refractivity contribution < 1.29 is 4.79 Å². The summed E-state index contributed by atoms with van der Waals surface area (Å²) in [6, 6.07) is 16.2. The van der Waals surface area contributed by atoms with Crippen molar-refractivity contribution in [3.8, 4) is 0 Å². The molecule has 0 aliphatic rings. The van der Waals surface area contributed by atoms with Gasteiger partial charge in [0.25, 0.3) is 0 Å². The van der Waals surface area contributed by atoms with E-state index in [2.05, 4.69) is 52.1 Å². The zero-order valence-corrected chi connectivity index (χ0v) is 15.3. The third-order valence-corrected chi connectivity index (χ3v) is 5.52. The van der Waals surface area contributed by atoms with Crippen LogP contribution >= 0.6 is 23.1 Å². The summed E-state index contributed by atoms with van der Waals surface area (Å²) >= 11 is 3.36. The minimum atomic E-state index is -0.458. The lowest BCUT2D eigenvalue weighted by molar-refractivity contribution is 0.1000. The number of amides is 1. The van der Waals surface area contributed by atoms with Crippen LogP contribution in [0.4, 0.5) is 0 Å². The maximum Gasteiger partial charge on any atom is 0.250 e. The molecular formula is C19H19N3OS2. The summed E-state index contributed by atoms with van der Waals surface area (Å²) < 4.78 is 0. The predicted molar refractivity (Wildman–Crippen MR) is 103 cm³/mol. The number of rotatable bonds is 8. The number of nitrogens with one attached hydrogen (secondary N) is 1. The quantitative estimate of drug-likeness (QED) is 0.594. The minimum Gasteiger partial charge on any atom is -0.366 e. The molecule has 0 fully saturated rings. The monoisotopic (exact) mass is 369 g/mol. The Morgan fingerprint density at radius 2 is 2.00 bits per heavy atom. The van der Waals surface area contributed by atoms with Crippen molar-refractivity contribution in [1.82, 2.24) is 10.3 Å². The molecule has 0 bridgehead atoms. The number of nitrogens with zero attached hydrogens (tertiary/aromatic N) is 1. The van der Waals surface area contributed by atoms with Gasteiger partial charge in [0, 0.05) is 29.1 Å². The van der Waals surface area contributed by atoms with Gasteiger partial charge in [0.15, 0.2) is 0 Å². The Labute approximate surface area is 155 Å². The van der Waals surface area contributed by atoms with Crippen LogP contribution in [-0.4, -0.2) is 17.4 Å². The number of thiophene rings is 1. The largest absolute Gasteiger partial charge is 0.366 e. The molecule has 0 aliphatic heterocycles. The summed E-state index contributed by atoms with van der Waals surface area (Å²) in [5, 5.41) is 6.42. The van der Waals surface area contributed by atoms with Crippen LogP contribution in [0.25, 0.3) is 0 Å². The molecule has 1 amide bonds. The Morgan fingerprint density at radius 1 is 1.16 bits per heavy atom. The van der Waals surface area contributed by atoms with E-state index >= 15 is 0 Å². The van der Waals surface area contributed by atoms with E-state index in [-0.39, 0.29) is 0 Å². The second-order valence-electron chi connectivity index (χ2n) is 5.50. The molecule has 25 heavy (non-hydrogen) atoms. The highest BCUT2D eigenvalue weighted by atomic mass is 32.2. The fourth-order valence-electron chi connectivity index (χ4n) is 2.28. The van der Waals surface area contributed by atoms with Crippen LogP contribution in [0.15, 0.2) is 70.0 Å². The number of nitrogens with two attached hydrogens (primary N) is 1. The zero-order chi connectivity index (χ0) is 17.5. The number of aromatic nitrogens is 1. The van der Waals surface area contributed by atoms with E-state index in [1.165, 1.54) is 16.6 Å². The van der Waals surface area contributed by atoms with Crippen molar-refractivity contribution in [3.05, 3.63) is 76.1 Å². The summed E-state index contributed by atoms with van der Waals surface area (Å²) in [7, 11) is 0. The van der Waals surface area contributed by atoms with Gasteiger partial charge in [-0.05, 0) is 47.7 Å². The standard InChI is InChI=1S/C19H19N3OS2/c20-19(23)15-5-8-18(22-13-15)25-17-6-3-14(4-7-17)12-21-10-9-16-2-1-11-24-16/h1-8,11,13,21H,9-10,12H2,(H2,20,23). The van der Waals surface area contributed by atoms with Gasteiger partial charge in [0.1, 0.15) is 5.03 Å². The van der Waals surface area contributed by atoms with Crippen LogP contribution < -0.4 is 11.1 Å². The van der Waals surface area contributed by atoms with Gasteiger partial charge < -0.3 is 11.1 Å². The Bertz CT molecular complexity index is 800. The van der Waals surface area contributed by atoms with Crippen molar-refractivity contribution in [2.24, 2.45) is 5.73 Å². The maximum absolute atomic E-state index is 11.1. The summed E-state index contributed by atoms with van der Waals surface area (Å²) in [5.74, 6) is -0.458. The van der Waals surface area contributed by atoms with E-state index < -0.39 is 5.91 Å². The molecule has 0 atom stereocenters. The first-order chi connectivity index (χ1) is 12.2. The van der Waals surface area contributed by atoms with Crippen molar-refractivity contribution in [3.63, 3.8) is 0 Å². The molecule has 2 heterocycles. The number of hydrogen-bond donors (Lipinski definition) is 2. The number of primary amides is 1. The Morgan fingerprint density at radius 3 is 2.64 bits per heavy atom. The van der Waals surface area contributed by atoms with Crippen molar-refractivity contribution in [2.75, 3.05) is 6.54 Å². The molecule has 0 aliphatic carbocycles. The van der Waals surface area contributed by atoms with Gasteiger partial charge in [0.05, 0.1) is 5.56 Å². The Balaban J connectivity index is 1.47. The topological polar surface area (TPSA) is 68.0 Å². The van der Waals surface area contributed by atoms with Crippen molar-refractivity contribution in [2.45, 2.75) is 22.9 Å². The van der Waals surface area contributed by atoms with Gasteiger partial charge in [0.2, 0.25) is 5.91 Å². The molecule has 0 saturated heterocycles. The van der Waals surface area contributed by atoms with Gasteiger partial charge >= 0.3 is 0 Å². The average molecular weight is 370 g/mol. The van der Waals surface area contributed by atoms with Gasteiger partial charge in [-0.3, -0.25) is 4.79 Å². The molecular weight excluding hydrogens is 350 g/mol. The molecule has 0 saturated carbocycles. The van der Waals surface area contributed by atoms with E-state index in [4.69, 9.17) is 5.73 Å². The molecule has 3 rings (SSSR count). The Kier molecular flexibility index (Phi) is 6.22. The van der Waals surface area contributed by atoms with Crippen molar-refractivity contribution >= 4 is 29.0 Å². The second-order valence-corrected chi connectivity index (χ2v) is 7.63. The highest BCUT2D eigenvalue weighted by Crippen LogP contribution is 2.26. The highest BCUT2D eigenvalue weighted by molar-refractivity contribution is 7.99. The fraction of sp³-hybridized carbons (Fsp3) is 0.158. The molecule has 0 radical (unpaired) electrons. The lowest BCUT2D eigenvalue weighted by Crippen LogP contribution is -2.16. The molecule has 4 nitrogen and oxygen atoms in total.